The molecule has 246 valence electrons. The van der Waals surface area contributed by atoms with Gasteiger partial charge in [-0.1, -0.05) is 56.1 Å². The fraction of sp³-hybridized carbons (Fsp3) is 0.516. The largest absolute Gasteiger partial charge is 0.543 e. The maximum atomic E-state index is 14.0. The minimum Gasteiger partial charge on any atom is -0.543 e. The predicted molar refractivity (Wildman–Crippen MR) is 175 cm³/mol. The van der Waals surface area contributed by atoms with Gasteiger partial charge in [-0.2, -0.15) is 0 Å². The second kappa shape index (κ2) is 13.6. The lowest BCUT2D eigenvalue weighted by Crippen LogP contribution is -2.53. The molecule has 2 amide bonds. The van der Waals surface area contributed by atoms with Crippen molar-refractivity contribution in [1.29, 1.82) is 0 Å². The molecule has 0 bridgehead atoms. The van der Waals surface area contributed by atoms with Gasteiger partial charge in [0, 0.05) is 37.0 Å². The molecular weight excluding hydrogens is 641 g/mol. The zero-order chi connectivity index (χ0) is 34.0. The van der Waals surface area contributed by atoms with Crippen molar-refractivity contribution in [2.45, 2.75) is 90.3 Å². The first-order valence-corrected chi connectivity index (χ1v) is 18.3. The molecule has 2 aromatic carbocycles. The van der Waals surface area contributed by atoms with Crippen LogP contribution in [-0.4, -0.2) is 60.5 Å². The minimum absolute atomic E-state index is 0.00470. The number of carbonyl (C=O) groups is 3. The second-order valence-electron chi connectivity index (χ2n) is 13.6. The van der Waals surface area contributed by atoms with Crippen LogP contribution >= 0.6 is 23.2 Å². The first-order chi connectivity index (χ1) is 20.6. The van der Waals surface area contributed by atoms with E-state index in [0.29, 0.717) is 12.2 Å². The Kier molecular flexibility index (Phi) is 10.9. The molecule has 1 aliphatic rings. The number of likely N-dealkylation sites (tertiary alicyclic amines) is 1. The lowest BCUT2D eigenvalue weighted by atomic mass is 10.0. The average Bonchev–Trinajstić information content (AvgIpc) is 3.10. The molecule has 1 atom stereocenters. The summed E-state index contributed by atoms with van der Waals surface area (Å²) in [5, 5.41) is 13.8. The third-order valence-electron chi connectivity index (χ3n) is 7.81. The van der Waals surface area contributed by atoms with Gasteiger partial charge in [-0.15, -0.1) is 0 Å². The van der Waals surface area contributed by atoms with Gasteiger partial charge in [-0.3, -0.25) is 14.9 Å². The molecule has 1 aliphatic heterocycles. The third kappa shape index (κ3) is 9.11. The number of nitrogens with one attached hydrogen (secondary N) is 1. The highest BCUT2D eigenvalue weighted by atomic mass is 35.5. The molecular formula is C31H41Cl2N3O8Si. The van der Waals surface area contributed by atoms with Crippen LogP contribution in [0, 0.1) is 10.1 Å². The molecule has 2 aromatic rings. The van der Waals surface area contributed by atoms with Crippen LogP contribution in [0.5, 0.6) is 5.75 Å². The van der Waals surface area contributed by atoms with Crippen LogP contribution in [0.3, 0.4) is 0 Å². The van der Waals surface area contributed by atoms with Crippen LogP contribution < -0.4 is 9.74 Å². The summed E-state index contributed by atoms with van der Waals surface area (Å²) in [6.45, 7) is 16.0. The Morgan fingerprint density at radius 2 is 1.64 bits per heavy atom. The quantitative estimate of drug-likeness (QED) is 0.102. The number of ether oxygens (including phenoxy) is 2. The summed E-state index contributed by atoms with van der Waals surface area (Å²) in [5.74, 6) is -1.20. The van der Waals surface area contributed by atoms with Crippen molar-refractivity contribution in [1.82, 2.24) is 10.2 Å². The van der Waals surface area contributed by atoms with Crippen molar-refractivity contribution in [3.63, 3.8) is 0 Å². The fourth-order valence-electron chi connectivity index (χ4n) is 4.40. The molecule has 0 radical (unpaired) electrons. The summed E-state index contributed by atoms with van der Waals surface area (Å²) in [7, 11) is -2.35. The van der Waals surface area contributed by atoms with E-state index < -0.39 is 53.2 Å². The highest BCUT2D eigenvalue weighted by molar-refractivity contribution is 6.74. The smallest absolute Gasteiger partial charge is 0.410 e. The first-order valence-electron chi connectivity index (χ1n) is 14.6. The maximum absolute atomic E-state index is 14.0. The predicted octanol–water partition coefficient (Wildman–Crippen LogP) is 7.99. The van der Waals surface area contributed by atoms with Crippen molar-refractivity contribution in [3.05, 3.63) is 67.7 Å². The number of nitro groups is 1. The van der Waals surface area contributed by atoms with E-state index in [0.717, 1.165) is 6.07 Å². The molecule has 0 saturated carbocycles. The van der Waals surface area contributed by atoms with E-state index in [4.69, 9.17) is 37.1 Å². The highest BCUT2D eigenvalue weighted by Crippen LogP contribution is 2.39. The van der Waals surface area contributed by atoms with E-state index in [1.54, 1.807) is 45.0 Å². The van der Waals surface area contributed by atoms with E-state index in [1.165, 1.54) is 11.0 Å². The lowest BCUT2D eigenvalue weighted by molar-refractivity contribution is -0.384. The summed E-state index contributed by atoms with van der Waals surface area (Å²) in [6, 6.07) is 9.01. The summed E-state index contributed by atoms with van der Waals surface area (Å²) in [6.07, 6.45) is -0.0966. The van der Waals surface area contributed by atoms with Crippen LogP contribution in [0.1, 0.15) is 81.5 Å². The van der Waals surface area contributed by atoms with E-state index in [2.05, 4.69) is 39.2 Å². The topological polar surface area (TPSA) is 137 Å². The van der Waals surface area contributed by atoms with Crippen molar-refractivity contribution in [2.75, 3.05) is 13.1 Å². The molecule has 1 heterocycles. The Morgan fingerprint density at radius 3 is 2.24 bits per heavy atom. The van der Waals surface area contributed by atoms with Crippen LogP contribution in [-0.2, 0) is 9.47 Å². The first kappa shape index (κ1) is 36.1. The molecule has 1 saturated heterocycles. The Balaban J connectivity index is 2.01. The highest BCUT2D eigenvalue weighted by Gasteiger charge is 2.43. The zero-order valence-electron chi connectivity index (χ0n) is 26.9. The Bertz CT molecular complexity index is 1470. The number of esters is 1. The van der Waals surface area contributed by atoms with Gasteiger partial charge in [0.2, 0.25) is 0 Å². The fourth-order valence-corrected chi connectivity index (χ4v) is 5.91. The van der Waals surface area contributed by atoms with Crippen LogP contribution in [0.2, 0.25) is 28.2 Å². The number of nitro benzene ring substituents is 1. The van der Waals surface area contributed by atoms with E-state index in [9.17, 15) is 24.5 Å². The maximum Gasteiger partial charge on any atom is 0.410 e. The molecule has 1 fully saturated rings. The van der Waals surface area contributed by atoms with Gasteiger partial charge in [0.25, 0.3) is 19.9 Å². The summed E-state index contributed by atoms with van der Waals surface area (Å²) >= 11 is 12.3. The molecule has 45 heavy (non-hydrogen) atoms. The Labute approximate surface area is 274 Å². The molecule has 11 nitrogen and oxygen atoms in total. The Morgan fingerprint density at radius 1 is 1.00 bits per heavy atom. The molecule has 0 aromatic heterocycles. The standard InChI is InChI=1S/C31H41Cl2N3O8Si/c1-29(2,3)43-28(39)35-16-11-14-31(15-17-35,42-27(38)22-18-20(32)19-23(25(22)33)36(40)41)34-26(37)21-12-9-10-13-24(21)44-45(7,8)30(4,5)6/h9-10,12-13,18-19H,11,14-17H2,1-8H3,(H,34,37). The summed E-state index contributed by atoms with van der Waals surface area (Å²) in [4.78, 5) is 52.7. The van der Waals surface area contributed by atoms with Crippen LogP contribution in [0.25, 0.3) is 0 Å². The number of amides is 2. The number of rotatable bonds is 7. The van der Waals surface area contributed by atoms with Crippen LogP contribution in [0.4, 0.5) is 10.5 Å². The number of carbonyl (C=O) groups excluding carboxylic acids is 3. The van der Waals surface area contributed by atoms with Crippen molar-refractivity contribution in [3.8, 4) is 5.75 Å². The van der Waals surface area contributed by atoms with Gasteiger partial charge < -0.3 is 24.1 Å². The second-order valence-corrected chi connectivity index (χ2v) is 19.1. The molecule has 14 heteroatoms. The normalized spacial score (nSPS) is 17.6. The number of hydrogen-bond donors (Lipinski definition) is 1. The SMILES string of the molecule is CC(C)(C)OC(=O)N1CCCC(NC(=O)c2ccccc2O[Si](C)(C)C(C)(C)C)(OC(=O)c2cc(Cl)cc([N+](=O)[O-])c2Cl)CC1. The van der Waals surface area contributed by atoms with Crippen molar-refractivity contribution >= 4 is 55.2 Å². The third-order valence-corrected chi connectivity index (χ3v) is 12.8. The summed E-state index contributed by atoms with van der Waals surface area (Å²) in [5.41, 5.74) is -3.02. The van der Waals surface area contributed by atoms with E-state index in [-0.39, 0.29) is 47.1 Å². The number of nitrogens with zero attached hydrogens (tertiary/aromatic N) is 2. The van der Waals surface area contributed by atoms with Crippen LogP contribution in [0.15, 0.2) is 36.4 Å². The minimum atomic E-state index is -2.35. The molecule has 3 rings (SSSR count). The van der Waals surface area contributed by atoms with Crippen molar-refractivity contribution < 1.29 is 33.2 Å². The van der Waals surface area contributed by atoms with Gasteiger partial charge in [0.1, 0.15) is 16.4 Å². The van der Waals surface area contributed by atoms with Crippen molar-refractivity contribution in [2.24, 2.45) is 0 Å². The lowest BCUT2D eigenvalue weighted by Gasteiger charge is -2.37. The van der Waals surface area contributed by atoms with Gasteiger partial charge in [-0.05, 0) is 63.5 Å². The monoisotopic (exact) mass is 681 g/mol. The molecule has 0 aliphatic carbocycles. The Hall–Kier alpha value is -3.35. The van der Waals surface area contributed by atoms with Gasteiger partial charge in [-0.25, -0.2) is 9.59 Å². The summed E-state index contributed by atoms with van der Waals surface area (Å²) < 4.78 is 18.0. The molecule has 1 N–H and O–H groups in total. The number of para-hydroxylation sites is 1. The van der Waals surface area contributed by atoms with Gasteiger partial charge in [0.05, 0.1) is 16.1 Å². The number of hydrogen-bond acceptors (Lipinski definition) is 8. The number of halogens is 2. The van der Waals surface area contributed by atoms with E-state index >= 15 is 0 Å². The van der Waals surface area contributed by atoms with E-state index in [1.807, 2.05) is 0 Å². The van der Waals surface area contributed by atoms with Gasteiger partial charge in [0.15, 0.2) is 5.72 Å². The number of benzene rings is 2. The molecule has 0 spiro atoms. The average molecular weight is 683 g/mol. The zero-order valence-corrected chi connectivity index (χ0v) is 29.4. The van der Waals surface area contributed by atoms with Gasteiger partial charge >= 0.3 is 12.1 Å². The molecule has 1 unspecified atom stereocenters.